The maximum atomic E-state index is 11.7. The first kappa shape index (κ1) is 14.6. The van der Waals surface area contributed by atoms with Gasteiger partial charge >= 0.3 is 5.97 Å². The van der Waals surface area contributed by atoms with Crippen molar-refractivity contribution in [1.29, 1.82) is 0 Å². The molecule has 0 unspecified atom stereocenters. The van der Waals surface area contributed by atoms with Crippen molar-refractivity contribution in [2.24, 2.45) is 5.41 Å². The Labute approximate surface area is 133 Å². The first-order valence-electron chi connectivity index (χ1n) is 8.05. The van der Waals surface area contributed by atoms with Crippen molar-refractivity contribution in [2.45, 2.75) is 31.8 Å². The second-order valence-corrected chi connectivity index (χ2v) is 6.76. The Balaban J connectivity index is 1.61. The topological polar surface area (TPSA) is 91.5 Å². The third-order valence-electron chi connectivity index (χ3n) is 5.30. The van der Waals surface area contributed by atoms with E-state index in [0.29, 0.717) is 12.1 Å². The molecule has 1 aromatic carbocycles. The summed E-state index contributed by atoms with van der Waals surface area (Å²) in [6, 6.07) is 5.30. The zero-order chi connectivity index (χ0) is 15.9. The van der Waals surface area contributed by atoms with Crippen LogP contribution >= 0.6 is 0 Å². The molecule has 0 amide bonds. The van der Waals surface area contributed by atoms with Crippen LogP contribution in [0.5, 0.6) is 0 Å². The summed E-state index contributed by atoms with van der Waals surface area (Å²) in [6.07, 6.45) is 2.82. The van der Waals surface area contributed by atoms with E-state index in [2.05, 4.69) is 20.5 Å². The van der Waals surface area contributed by atoms with Crippen molar-refractivity contribution >= 4 is 17.0 Å². The fourth-order valence-electron chi connectivity index (χ4n) is 4.08. The van der Waals surface area contributed by atoms with Gasteiger partial charge in [-0.2, -0.15) is 0 Å². The van der Waals surface area contributed by atoms with Crippen LogP contribution in [0.3, 0.4) is 0 Å². The normalized spacial score (nSPS) is 24.4. The van der Waals surface area contributed by atoms with Crippen molar-refractivity contribution in [3.05, 3.63) is 23.8 Å². The van der Waals surface area contributed by atoms with Gasteiger partial charge in [-0.15, -0.1) is 0 Å². The van der Waals surface area contributed by atoms with Gasteiger partial charge in [0.15, 0.2) is 0 Å². The number of carbonyl (C=O) groups is 1. The molecule has 2 fully saturated rings. The van der Waals surface area contributed by atoms with E-state index in [1.807, 2.05) is 18.2 Å². The summed E-state index contributed by atoms with van der Waals surface area (Å²) in [4.78, 5) is 13.8. The molecule has 2 aromatic rings. The van der Waals surface area contributed by atoms with E-state index in [0.717, 1.165) is 50.0 Å². The van der Waals surface area contributed by atoms with E-state index in [-0.39, 0.29) is 5.41 Å². The molecule has 7 nitrogen and oxygen atoms in total. The Morgan fingerprint density at radius 2 is 2.22 bits per heavy atom. The number of aliphatic carboxylic acids is 1. The molecule has 2 saturated heterocycles. The Hall–Kier alpha value is -1.99. The van der Waals surface area contributed by atoms with Gasteiger partial charge in [-0.25, -0.2) is 4.63 Å². The van der Waals surface area contributed by atoms with Crippen molar-refractivity contribution in [2.75, 3.05) is 19.6 Å². The highest BCUT2D eigenvalue weighted by atomic mass is 16.6. The number of aromatic nitrogens is 2. The van der Waals surface area contributed by atoms with Crippen LogP contribution in [-0.2, 0) is 11.3 Å². The largest absolute Gasteiger partial charge is 0.480 e. The Morgan fingerprint density at radius 3 is 3.00 bits per heavy atom. The lowest BCUT2D eigenvalue weighted by Gasteiger charge is -2.33. The number of hydrogen-bond acceptors (Lipinski definition) is 6. The molecule has 4 rings (SSSR count). The van der Waals surface area contributed by atoms with Gasteiger partial charge in [0, 0.05) is 13.1 Å². The third-order valence-corrected chi connectivity index (χ3v) is 5.30. The smallest absolute Gasteiger partial charge is 0.320 e. The highest BCUT2D eigenvalue weighted by Gasteiger charge is 2.47. The molecular formula is C16H20N4O3. The second kappa shape index (κ2) is 5.58. The summed E-state index contributed by atoms with van der Waals surface area (Å²) in [5, 5.41) is 20.8. The standard InChI is InChI=1S/C16H20N4O3/c21-15(22)13-8-16(4-6-17-7-5-16)10-20(13)9-11-2-1-3-12-14(11)19-23-18-12/h1-3,13,17H,4-10H2,(H,21,22)/t13-/m1/s1. The number of likely N-dealkylation sites (tertiary alicyclic amines) is 1. The summed E-state index contributed by atoms with van der Waals surface area (Å²) < 4.78 is 4.81. The summed E-state index contributed by atoms with van der Waals surface area (Å²) in [5.74, 6) is -0.731. The van der Waals surface area contributed by atoms with E-state index < -0.39 is 12.0 Å². The van der Waals surface area contributed by atoms with Crippen LogP contribution in [0.1, 0.15) is 24.8 Å². The number of fused-ring (bicyclic) bond motifs is 1. The summed E-state index contributed by atoms with van der Waals surface area (Å²) in [6.45, 7) is 3.34. The van der Waals surface area contributed by atoms with Gasteiger partial charge in [-0.05, 0) is 59.7 Å². The van der Waals surface area contributed by atoms with Crippen molar-refractivity contribution in [3.63, 3.8) is 0 Å². The summed E-state index contributed by atoms with van der Waals surface area (Å²) in [7, 11) is 0. The van der Waals surface area contributed by atoms with Crippen LogP contribution in [0.25, 0.3) is 11.0 Å². The molecule has 2 N–H and O–H groups in total. The Bertz CT molecular complexity index is 723. The molecule has 1 spiro atoms. The van der Waals surface area contributed by atoms with Gasteiger partial charge in [0.1, 0.15) is 17.1 Å². The molecule has 2 aliphatic heterocycles. The lowest BCUT2D eigenvalue weighted by molar-refractivity contribution is -0.142. The minimum absolute atomic E-state index is 0.129. The number of hydrogen-bond donors (Lipinski definition) is 2. The number of carboxylic acids is 1. The zero-order valence-corrected chi connectivity index (χ0v) is 12.9. The number of benzene rings is 1. The van der Waals surface area contributed by atoms with Gasteiger partial charge in [-0.1, -0.05) is 12.1 Å². The van der Waals surface area contributed by atoms with Crippen LogP contribution in [0.4, 0.5) is 0 Å². The highest BCUT2D eigenvalue weighted by molar-refractivity contribution is 5.77. The molecule has 1 atom stereocenters. The number of carboxylic acid groups (broad SMARTS) is 1. The monoisotopic (exact) mass is 316 g/mol. The van der Waals surface area contributed by atoms with Gasteiger partial charge in [0.25, 0.3) is 0 Å². The maximum absolute atomic E-state index is 11.7. The third kappa shape index (κ3) is 2.60. The lowest BCUT2D eigenvalue weighted by atomic mass is 9.77. The van der Waals surface area contributed by atoms with Crippen LogP contribution < -0.4 is 5.32 Å². The van der Waals surface area contributed by atoms with Gasteiger partial charge in [-0.3, -0.25) is 9.69 Å². The summed E-state index contributed by atoms with van der Waals surface area (Å²) in [5.41, 5.74) is 2.54. The molecule has 0 radical (unpaired) electrons. The zero-order valence-electron chi connectivity index (χ0n) is 12.9. The Kier molecular flexibility index (Phi) is 3.54. The van der Waals surface area contributed by atoms with Crippen molar-refractivity contribution in [3.8, 4) is 0 Å². The van der Waals surface area contributed by atoms with E-state index >= 15 is 0 Å². The number of rotatable bonds is 3. The van der Waals surface area contributed by atoms with Crippen LogP contribution in [0.15, 0.2) is 22.8 Å². The van der Waals surface area contributed by atoms with Crippen LogP contribution in [0, 0.1) is 5.41 Å². The van der Waals surface area contributed by atoms with Crippen molar-refractivity contribution in [1.82, 2.24) is 20.5 Å². The van der Waals surface area contributed by atoms with Crippen molar-refractivity contribution < 1.29 is 14.5 Å². The predicted molar refractivity (Wildman–Crippen MR) is 82.8 cm³/mol. The molecule has 1 aromatic heterocycles. The molecule has 0 saturated carbocycles. The molecule has 23 heavy (non-hydrogen) atoms. The van der Waals surface area contributed by atoms with E-state index in [4.69, 9.17) is 4.63 Å². The first-order valence-corrected chi connectivity index (χ1v) is 8.05. The number of piperidine rings is 1. The lowest BCUT2D eigenvalue weighted by Crippen LogP contribution is -2.38. The predicted octanol–water partition coefficient (Wildman–Crippen LogP) is 1.25. The minimum atomic E-state index is -0.731. The molecule has 122 valence electrons. The highest BCUT2D eigenvalue weighted by Crippen LogP contribution is 2.42. The molecule has 2 aliphatic rings. The SMILES string of the molecule is O=C(O)[C@H]1CC2(CCNCC2)CN1Cc1cccc2nonc12. The van der Waals surface area contributed by atoms with E-state index in [1.54, 1.807) is 0 Å². The van der Waals surface area contributed by atoms with E-state index in [9.17, 15) is 9.90 Å². The first-order chi connectivity index (χ1) is 11.2. The minimum Gasteiger partial charge on any atom is -0.480 e. The van der Waals surface area contributed by atoms with Crippen LogP contribution in [-0.4, -0.2) is 52.0 Å². The second-order valence-electron chi connectivity index (χ2n) is 6.76. The average molecular weight is 316 g/mol. The summed E-state index contributed by atoms with van der Waals surface area (Å²) >= 11 is 0. The molecule has 3 heterocycles. The fraction of sp³-hybridized carbons (Fsp3) is 0.562. The number of nitrogens with zero attached hydrogens (tertiary/aromatic N) is 3. The Morgan fingerprint density at radius 1 is 1.39 bits per heavy atom. The van der Waals surface area contributed by atoms with Gasteiger partial charge < -0.3 is 10.4 Å². The molecule has 0 aliphatic carbocycles. The van der Waals surface area contributed by atoms with Gasteiger partial charge in [0.2, 0.25) is 0 Å². The van der Waals surface area contributed by atoms with Gasteiger partial charge in [0.05, 0.1) is 0 Å². The maximum Gasteiger partial charge on any atom is 0.320 e. The van der Waals surface area contributed by atoms with E-state index in [1.165, 1.54) is 0 Å². The average Bonchev–Trinajstić information content (AvgIpc) is 3.14. The molecule has 7 heteroatoms. The molecular weight excluding hydrogens is 296 g/mol. The molecule has 0 bridgehead atoms. The number of nitrogens with one attached hydrogen (secondary N) is 1. The fourth-order valence-corrected chi connectivity index (χ4v) is 4.08. The van der Waals surface area contributed by atoms with Crippen LogP contribution in [0.2, 0.25) is 0 Å². The quantitative estimate of drug-likeness (QED) is 0.880.